The SMILES string of the molecule is CCCCOc1ccc(C2C(C#N)=C(N)OC3=C2CCCC3=O)cc1OC. The minimum Gasteiger partial charge on any atom is -0.493 e. The summed E-state index contributed by atoms with van der Waals surface area (Å²) in [4.78, 5) is 12.3. The first-order chi connectivity index (χ1) is 13.1. The first kappa shape index (κ1) is 18.8. The van der Waals surface area contributed by atoms with Crippen molar-refractivity contribution in [2.45, 2.75) is 44.9 Å². The van der Waals surface area contributed by atoms with Crippen LogP contribution in [0, 0.1) is 11.3 Å². The smallest absolute Gasteiger partial charge is 0.205 e. The number of ether oxygens (including phenoxy) is 3. The molecule has 0 saturated heterocycles. The van der Waals surface area contributed by atoms with Crippen molar-refractivity contribution in [1.29, 1.82) is 5.26 Å². The fourth-order valence-electron chi connectivity index (χ4n) is 3.52. The molecule has 2 aliphatic rings. The van der Waals surface area contributed by atoms with Crippen LogP contribution in [0.2, 0.25) is 0 Å². The molecule has 1 aliphatic heterocycles. The van der Waals surface area contributed by atoms with Crippen LogP contribution in [-0.4, -0.2) is 19.5 Å². The summed E-state index contributed by atoms with van der Waals surface area (Å²) in [6.45, 7) is 2.72. The standard InChI is InChI=1S/C21H24N2O4/c1-3-4-10-26-17-9-8-13(11-18(17)25-2)19-14-6-5-7-16(24)20(14)27-21(23)15(19)12-22/h8-9,11,19H,3-7,10,23H2,1-2H3. The van der Waals surface area contributed by atoms with Gasteiger partial charge in [0.15, 0.2) is 23.0 Å². The normalized spacial score (nSPS) is 19.3. The van der Waals surface area contributed by atoms with Crippen LogP contribution in [0.1, 0.15) is 50.5 Å². The summed E-state index contributed by atoms with van der Waals surface area (Å²) in [5.74, 6) is 1.08. The summed E-state index contributed by atoms with van der Waals surface area (Å²) >= 11 is 0. The Kier molecular flexibility index (Phi) is 5.70. The van der Waals surface area contributed by atoms with E-state index in [9.17, 15) is 10.1 Å². The molecule has 27 heavy (non-hydrogen) atoms. The molecule has 0 spiro atoms. The second kappa shape index (κ2) is 8.17. The number of nitriles is 1. The second-order valence-electron chi connectivity index (χ2n) is 6.67. The van der Waals surface area contributed by atoms with Crippen LogP contribution in [0.3, 0.4) is 0 Å². The van der Waals surface area contributed by atoms with Crippen LogP contribution >= 0.6 is 0 Å². The van der Waals surface area contributed by atoms with Crippen LogP contribution in [0.15, 0.2) is 41.0 Å². The van der Waals surface area contributed by atoms with E-state index >= 15 is 0 Å². The summed E-state index contributed by atoms with van der Waals surface area (Å²) in [5, 5.41) is 9.64. The largest absolute Gasteiger partial charge is 0.493 e. The highest BCUT2D eigenvalue weighted by Gasteiger charge is 2.37. The molecule has 1 atom stereocenters. The third-order valence-electron chi connectivity index (χ3n) is 4.91. The fourth-order valence-corrected chi connectivity index (χ4v) is 3.52. The predicted octanol–water partition coefficient (Wildman–Crippen LogP) is 3.69. The van der Waals surface area contributed by atoms with Gasteiger partial charge in [0.1, 0.15) is 11.6 Å². The Balaban J connectivity index is 2.02. The van der Waals surface area contributed by atoms with E-state index in [-0.39, 0.29) is 11.7 Å². The van der Waals surface area contributed by atoms with Crippen LogP contribution in [0.4, 0.5) is 0 Å². The lowest BCUT2D eigenvalue weighted by Gasteiger charge is -2.31. The molecule has 142 valence electrons. The third-order valence-corrected chi connectivity index (χ3v) is 4.91. The summed E-state index contributed by atoms with van der Waals surface area (Å²) in [6, 6.07) is 7.75. The van der Waals surface area contributed by atoms with E-state index in [0.29, 0.717) is 42.3 Å². The number of Topliss-reactive ketones (excluding diaryl/α,β-unsaturated/α-hetero) is 1. The van der Waals surface area contributed by atoms with E-state index in [1.165, 1.54) is 0 Å². The Morgan fingerprint density at radius 1 is 1.33 bits per heavy atom. The first-order valence-corrected chi connectivity index (χ1v) is 9.25. The number of unbranched alkanes of at least 4 members (excludes halogenated alkanes) is 1. The minimum atomic E-state index is -0.401. The molecular weight excluding hydrogens is 344 g/mol. The van der Waals surface area contributed by atoms with Crippen LogP contribution in [0.5, 0.6) is 11.5 Å². The van der Waals surface area contributed by atoms with Crippen molar-refractivity contribution in [3.63, 3.8) is 0 Å². The molecular formula is C21H24N2O4. The van der Waals surface area contributed by atoms with E-state index in [2.05, 4.69) is 13.0 Å². The second-order valence-corrected chi connectivity index (χ2v) is 6.67. The molecule has 0 bridgehead atoms. The van der Waals surface area contributed by atoms with E-state index in [0.717, 1.165) is 30.4 Å². The van der Waals surface area contributed by atoms with Crippen molar-refractivity contribution in [3.8, 4) is 17.6 Å². The molecule has 1 heterocycles. The van der Waals surface area contributed by atoms with Gasteiger partial charge >= 0.3 is 0 Å². The lowest BCUT2D eigenvalue weighted by molar-refractivity contribution is -0.119. The number of methoxy groups -OCH3 is 1. The van der Waals surface area contributed by atoms with Gasteiger partial charge < -0.3 is 19.9 Å². The number of carbonyl (C=O) groups is 1. The topological polar surface area (TPSA) is 94.6 Å². The average molecular weight is 368 g/mol. The monoisotopic (exact) mass is 368 g/mol. The maximum Gasteiger partial charge on any atom is 0.205 e. The van der Waals surface area contributed by atoms with Gasteiger partial charge in [-0.2, -0.15) is 5.26 Å². The van der Waals surface area contributed by atoms with Crippen molar-refractivity contribution in [2.75, 3.05) is 13.7 Å². The number of hydrogen-bond donors (Lipinski definition) is 1. The molecule has 0 saturated carbocycles. The number of benzene rings is 1. The number of nitrogens with two attached hydrogens (primary N) is 1. The molecule has 0 radical (unpaired) electrons. The highest BCUT2D eigenvalue weighted by atomic mass is 16.5. The minimum absolute atomic E-state index is 0.00117. The lowest BCUT2D eigenvalue weighted by Crippen LogP contribution is -2.26. The highest BCUT2D eigenvalue weighted by molar-refractivity contribution is 5.96. The molecule has 6 heteroatoms. The van der Waals surface area contributed by atoms with E-state index in [1.54, 1.807) is 7.11 Å². The molecule has 0 amide bonds. The highest BCUT2D eigenvalue weighted by Crippen LogP contribution is 2.45. The number of allylic oxidation sites excluding steroid dienone is 3. The van der Waals surface area contributed by atoms with Gasteiger partial charge in [-0.05, 0) is 42.5 Å². The van der Waals surface area contributed by atoms with Gasteiger partial charge in [-0.1, -0.05) is 19.4 Å². The number of rotatable bonds is 6. The molecule has 2 N–H and O–H groups in total. The fraction of sp³-hybridized carbons (Fsp3) is 0.429. The Hall–Kier alpha value is -2.94. The number of nitrogens with zero attached hydrogens (tertiary/aromatic N) is 1. The molecule has 0 aromatic heterocycles. The Morgan fingerprint density at radius 3 is 2.85 bits per heavy atom. The van der Waals surface area contributed by atoms with E-state index in [4.69, 9.17) is 19.9 Å². The van der Waals surface area contributed by atoms with Gasteiger partial charge in [0, 0.05) is 12.3 Å². The Morgan fingerprint density at radius 2 is 2.15 bits per heavy atom. The molecule has 1 unspecified atom stereocenters. The molecule has 0 fully saturated rings. The summed E-state index contributed by atoms with van der Waals surface area (Å²) in [5.41, 5.74) is 7.94. The quantitative estimate of drug-likeness (QED) is 0.770. The van der Waals surface area contributed by atoms with Gasteiger partial charge in [0.05, 0.1) is 13.7 Å². The van der Waals surface area contributed by atoms with Gasteiger partial charge in [-0.25, -0.2) is 0 Å². The summed E-state index contributed by atoms with van der Waals surface area (Å²) in [7, 11) is 1.58. The zero-order valence-electron chi connectivity index (χ0n) is 15.7. The van der Waals surface area contributed by atoms with Gasteiger partial charge in [0.25, 0.3) is 0 Å². The molecule has 3 rings (SSSR count). The molecule has 1 aliphatic carbocycles. The summed E-state index contributed by atoms with van der Waals surface area (Å²) < 4.78 is 16.8. The van der Waals surface area contributed by atoms with Crippen molar-refractivity contribution in [3.05, 3.63) is 46.6 Å². The summed E-state index contributed by atoms with van der Waals surface area (Å²) in [6.07, 6.45) is 3.88. The van der Waals surface area contributed by atoms with Gasteiger partial charge in [-0.3, -0.25) is 4.79 Å². The van der Waals surface area contributed by atoms with E-state index in [1.807, 2.05) is 18.2 Å². The van der Waals surface area contributed by atoms with Crippen molar-refractivity contribution < 1.29 is 19.0 Å². The van der Waals surface area contributed by atoms with Crippen molar-refractivity contribution in [2.24, 2.45) is 5.73 Å². The first-order valence-electron chi connectivity index (χ1n) is 9.25. The van der Waals surface area contributed by atoms with E-state index < -0.39 is 5.92 Å². The lowest BCUT2D eigenvalue weighted by atomic mass is 9.78. The average Bonchev–Trinajstić information content (AvgIpc) is 2.68. The Bertz CT molecular complexity index is 848. The number of hydrogen-bond acceptors (Lipinski definition) is 6. The maximum absolute atomic E-state index is 12.3. The molecule has 1 aromatic rings. The predicted molar refractivity (Wildman–Crippen MR) is 99.9 cm³/mol. The van der Waals surface area contributed by atoms with Crippen LogP contribution < -0.4 is 15.2 Å². The third kappa shape index (κ3) is 3.63. The van der Waals surface area contributed by atoms with Gasteiger partial charge in [0.2, 0.25) is 5.88 Å². The van der Waals surface area contributed by atoms with Crippen molar-refractivity contribution >= 4 is 5.78 Å². The number of ketones is 1. The van der Waals surface area contributed by atoms with Crippen LogP contribution in [-0.2, 0) is 9.53 Å². The van der Waals surface area contributed by atoms with Gasteiger partial charge in [-0.15, -0.1) is 0 Å². The zero-order valence-corrected chi connectivity index (χ0v) is 15.7. The zero-order chi connectivity index (χ0) is 19.4. The molecule has 6 nitrogen and oxygen atoms in total. The Labute approximate surface area is 159 Å². The number of carbonyl (C=O) groups excluding carboxylic acids is 1. The van der Waals surface area contributed by atoms with Crippen molar-refractivity contribution in [1.82, 2.24) is 0 Å². The maximum atomic E-state index is 12.3. The molecule has 1 aromatic carbocycles. The van der Waals surface area contributed by atoms with Crippen LogP contribution in [0.25, 0.3) is 0 Å².